The van der Waals surface area contributed by atoms with E-state index in [1.54, 1.807) is 19.1 Å². The molecule has 0 aromatic heterocycles. The Morgan fingerprint density at radius 2 is 1.78 bits per heavy atom. The Hall–Kier alpha value is -0.910. The predicted molar refractivity (Wildman–Crippen MR) is 71.8 cm³/mol. The average Bonchev–Trinajstić information content (AvgIpc) is 2.28. The molecular weight excluding hydrogens is 250 g/mol. The molecule has 0 aliphatic carbocycles. The Morgan fingerprint density at radius 1 is 1.28 bits per heavy atom. The minimum Gasteiger partial charge on any atom is -0.389 e. The van der Waals surface area contributed by atoms with Crippen molar-refractivity contribution in [3.05, 3.63) is 29.8 Å². The van der Waals surface area contributed by atoms with Gasteiger partial charge in [0.25, 0.3) is 0 Å². The van der Waals surface area contributed by atoms with Crippen LogP contribution in [0.5, 0.6) is 0 Å². The topological polar surface area (TPSA) is 66.4 Å². The van der Waals surface area contributed by atoms with Crippen molar-refractivity contribution in [1.29, 1.82) is 0 Å². The lowest BCUT2D eigenvalue weighted by atomic mass is 10.0. The molecule has 18 heavy (non-hydrogen) atoms. The van der Waals surface area contributed by atoms with Gasteiger partial charge in [-0.15, -0.1) is 0 Å². The molecule has 0 spiro atoms. The monoisotopic (exact) mass is 271 g/mol. The highest BCUT2D eigenvalue weighted by atomic mass is 32.2. The molecule has 5 heteroatoms. The Balaban J connectivity index is 2.99. The highest BCUT2D eigenvalue weighted by molar-refractivity contribution is 7.89. The Bertz CT molecular complexity index is 489. The SMILES string of the molecule is CCC(C)(C)NS(=O)(=O)c1ccc(C(C)O)cc1. The molecule has 0 saturated carbocycles. The summed E-state index contributed by atoms with van der Waals surface area (Å²) in [6, 6.07) is 6.27. The first-order valence-electron chi connectivity index (χ1n) is 6.00. The number of nitrogens with one attached hydrogen (secondary N) is 1. The quantitative estimate of drug-likeness (QED) is 0.863. The zero-order valence-electron chi connectivity index (χ0n) is 11.3. The summed E-state index contributed by atoms with van der Waals surface area (Å²) in [5.74, 6) is 0. The lowest BCUT2D eigenvalue weighted by Crippen LogP contribution is -2.42. The van der Waals surface area contributed by atoms with Crippen LogP contribution in [0.25, 0.3) is 0 Å². The lowest BCUT2D eigenvalue weighted by molar-refractivity contribution is 0.199. The van der Waals surface area contributed by atoms with Gasteiger partial charge in [-0.2, -0.15) is 0 Å². The number of aliphatic hydroxyl groups excluding tert-OH is 1. The molecule has 1 rings (SSSR count). The third kappa shape index (κ3) is 3.80. The summed E-state index contributed by atoms with van der Waals surface area (Å²) < 4.78 is 26.9. The zero-order valence-corrected chi connectivity index (χ0v) is 12.1. The van der Waals surface area contributed by atoms with Gasteiger partial charge < -0.3 is 5.11 Å². The molecule has 0 bridgehead atoms. The maximum Gasteiger partial charge on any atom is 0.241 e. The molecule has 1 aromatic carbocycles. The summed E-state index contributed by atoms with van der Waals surface area (Å²) >= 11 is 0. The van der Waals surface area contributed by atoms with Gasteiger partial charge in [0.2, 0.25) is 10.0 Å². The van der Waals surface area contributed by atoms with Crippen LogP contribution in [-0.2, 0) is 10.0 Å². The van der Waals surface area contributed by atoms with Crippen molar-refractivity contribution in [2.75, 3.05) is 0 Å². The minimum absolute atomic E-state index is 0.216. The first kappa shape index (κ1) is 15.1. The number of hydrogen-bond donors (Lipinski definition) is 2. The maximum absolute atomic E-state index is 12.1. The molecule has 0 fully saturated rings. The smallest absolute Gasteiger partial charge is 0.241 e. The molecule has 1 atom stereocenters. The van der Waals surface area contributed by atoms with Gasteiger partial charge in [-0.1, -0.05) is 19.1 Å². The summed E-state index contributed by atoms with van der Waals surface area (Å²) in [6.45, 7) is 7.25. The molecule has 2 N–H and O–H groups in total. The second-order valence-electron chi connectivity index (χ2n) is 5.09. The van der Waals surface area contributed by atoms with Gasteiger partial charge in [0.05, 0.1) is 11.0 Å². The van der Waals surface area contributed by atoms with Crippen molar-refractivity contribution in [3.63, 3.8) is 0 Å². The predicted octanol–water partition coefficient (Wildman–Crippen LogP) is 2.21. The number of benzene rings is 1. The van der Waals surface area contributed by atoms with E-state index in [9.17, 15) is 13.5 Å². The third-order valence-electron chi connectivity index (χ3n) is 2.97. The summed E-state index contributed by atoms with van der Waals surface area (Å²) in [4.78, 5) is 0.216. The van der Waals surface area contributed by atoms with E-state index in [0.29, 0.717) is 12.0 Å². The van der Waals surface area contributed by atoms with Crippen molar-refractivity contribution in [2.45, 2.75) is 50.7 Å². The van der Waals surface area contributed by atoms with Crippen LogP contribution >= 0.6 is 0 Å². The summed E-state index contributed by atoms with van der Waals surface area (Å²) in [7, 11) is -3.50. The van der Waals surface area contributed by atoms with Crippen LogP contribution in [0.3, 0.4) is 0 Å². The van der Waals surface area contributed by atoms with Crippen LogP contribution in [-0.4, -0.2) is 19.1 Å². The highest BCUT2D eigenvalue weighted by Gasteiger charge is 2.24. The fourth-order valence-electron chi connectivity index (χ4n) is 1.42. The van der Waals surface area contributed by atoms with Crippen molar-refractivity contribution >= 4 is 10.0 Å². The highest BCUT2D eigenvalue weighted by Crippen LogP contribution is 2.18. The van der Waals surface area contributed by atoms with Crippen LogP contribution < -0.4 is 4.72 Å². The molecule has 4 nitrogen and oxygen atoms in total. The van der Waals surface area contributed by atoms with Gasteiger partial charge >= 0.3 is 0 Å². The Morgan fingerprint density at radius 3 is 2.17 bits per heavy atom. The third-order valence-corrected chi connectivity index (χ3v) is 4.68. The van der Waals surface area contributed by atoms with Gasteiger partial charge in [0.1, 0.15) is 0 Å². The van der Waals surface area contributed by atoms with E-state index in [2.05, 4.69) is 4.72 Å². The maximum atomic E-state index is 12.1. The van der Waals surface area contributed by atoms with E-state index in [-0.39, 0.29) is 4.90 Å². The van der Waals surface area contributed by atoms with E-state index < -0.39 is 21.7 Å². The molecule has 1 aromatic rings. The molecule has 0 amide bonds. The van der Waals surface area contributed by atoms with Gasteiger partial charge in [-0.3, -0.25) is 0 Å². The van der Waals surface area contributed by atoms with Crippen molar-refractivity contribution < 1.29 is 13.5 Å². The molecule has 0 saturated heterocycles. The van der Waals surface area contributed by atoms with Crippen LogP contribution in [0.4, 0.5) is 0 Å². The van der Waals surface area contributed by atoms with Crippen molar-refractivity contribution in [2.24, 2.45) is 0 Å². The van der Waals surface area contributed by atoms with E-state index in [1.165, 1.54) is 12.1 Å². The molecule has 0 aliphatic heterocycles. The number of hydrogen-bond acceptors (Lipinski definition) is 3. The average molecular weight is 271 g/mol. The molecule has 0 heterocycles. The number of rotatable bonds is 5. The van der Waals surface area contributed by atoms with Gasteiger partial charge in [0.15, 0.2) is 0 Å². The fraction of sp³-hybridized carbons (Fsp3) is 0.538. The summed E-state index contributed by atoms with van der Waals surface area (Å²) in [5.41, 5.74) is 0.227. The Labute approximate surface area is 109 Å². The van der Waals surface area contributed by atoms with Crippen LogP contribution in [0.2, 0.25) is 0 Å². The second-order valence-corrected chi connectivity index (χ2v) is 6.77. The zero-order chi connectivity index (χ0) is 14.0. The summed E-state index contributed by atoms with van der Waals surface area (Å²) in [6.07, 6.45) is 0.111. The summed E-state index contributed by atoms with van der Waals surface area (Å²) in [5, 5.41) is 9.38. The van der Waals surface area contributed by atoms with Gasteiger partial charge in [0, 0.05) is 5.54 Å². The second kappa shape index (κ2) is 5.38. The molecular formula is C13H21NO3S. The molecule has 1 unspecified atom stereocenters. The van der Waals surface area contributed by atoms with Crippen LogP contribution in [0.15, 0.2) is 29.2 Å². The number of aliphatic hydroxyl groups is 1. The fourth-order valence-corrected chi connectivity index (χ4v) is 2.90. The van der Waals surface area contributed by atoms with Gasteiger partial charge in [-0.05, 0) is 44.9 Å². The minimum atomic E-state index is -3.50. The van der Waals surface area contributed by atoms with Crippen molar-refractivity contribution in [3.8, 4) is 0 Å². The normalized spacial score (nSPS) is 14.5. The van der Waals surface area contributed by atoms with E-state index >= 15 is 0 Å². The first-order valence-corrected chi connectivity index (χ1v) is 7.48. The first-order chi connectivity index (χ1) is 8.18. The van der Waals surface area contributed by atoms with E-state index in [0.717, 1.165) is 0 Å². The molecule has 102 valence electrons. The van der Waals surface area contributed by atoms with E-state index in [4.69, 9.17) is 0 Å². The number of sulfonamides is 1. The molecule has 0 radical (unpaired) electrons. The standard InChI is InChI=1S/C13H21NO3S/c1-5-13(3,4)14-18(16,17)12-8-6-11(7-9-12)10(2)15/h6-10,14-15H,5H2,1-4H3. The van der Waals surface area contributed by atoms with Crippen molar-refractivity contribution in [1.82, 2.24) is 4.72 Å². The largest absolute Gasteiger partial charge is 0.389 e. The van der Waals surface area contributed by atoms with Crippen LogP contribution in [0, 0.1) is 0 Å². The van der Waals surface area contributed by atoms with Crippen LogP contribution in [0.1, 0.15) is 45.8 Å². The van der Waals surface area contributed by atoms with E-state index in [1.807, 2.05) is 20.8 Å². The van der Waals surface area contributed by atoms with Gasteiger partial charge in [-0.25, -0.2) is 13.1 Å². The molecule has 0 aliphatic rings. The Kier molecular flexibility index (Phi) is 4.53. The lowest BCUT2D eigenvalue weighted by Gasteiger charge is -2.24.